The van der Waals surface area contributed by atoms with Crippen LogP contribution in [0.2, 0.25) is 0 Å². The van der Waals surface area contributed by atoms with Crippen LogP contribution in [0.4, 0.5) is 13.2 Å². The van der Waals surface area contributed by atoms with E-state index >= 15 is 0 Å². The maximum absolute atomic E-state index is 12.6. The molecule has 21 heavy (non-hydrogen) atoms. The van der Waals surface area contributed by atoms with Crippen LogP contribution in [0, 0.1) is 0 Å². The van der Waals surface area contributed by atoms with Crippen molar-refractivity contribution in [1.82, 2.24) is 5.32 Å². The number of rotatable bonds is 6. The Labute approximate surface area is 123 Å². The first-order valence-corrected chi connectivity index (χ1v) is 7.53. The molecule has 0 aromatic heterocycles. The van der Waals surface area contributed by atoms with Crippen molar-refractivity contribution in [2.24, 2.45) is 0 Å². The normalized spacial score (nSPS) is 20.7. The number of halogens is 3. The largest absolute Gasteiger partial charge is 0.416 e. The third kappa shape index (κ3) is 4.71. The van der Waals surface area contributed by atoms with Crippen LogP contribution in [0.25, 0.3) is 0 Å². The molecule has 0 spiro atoms. The van der Waals surface area contributed by atoms with Crippen LogP contribution in [0.5, 0.6) is 0 Å². The fourth-order valence-corrected chi connectivity index (χ4v) is 2.76. The van der Waals surface area contributed by atoms with E-state index in [-0.39, 0.29) is 6.04 Å². The fraction of sp³-hybridized carbons (Fsp3) is 0.625. The summed E-state index contributed by atoms with van der Waals surface area (Å²) in [5, 5.41) is 3.34. The van der Waals surface area contributed by atoms with Crippen LogP contribution in [0.3, 0.4) is 0 Å². The van der Waals surface area contributed by atoms with Crippen LogP contribution in [0.1, 0.15) is 49.8 Å². The Morgan fingerprint density at radius 2 is 2.00 bits per heavy atom. The monoisotopic (exact) mass is 301 g/mol. The molecule has 0 saturated carbocycles. The van der Waals surface area contributed by atoms with Crippen molar-refractivity contribution >= 4 is 0 Å². The molecule has 1 aliphatic rings. The zero-order valence-corrected chi connectivity index (χ0v) is 12.2. The van der Waals surface area contributed by atoms with Gasteiger partial charge in [-0.25, -0.2) is 0 Å². The molecule has 1 heterocycles. The lowest BCUT2D eigenvalue weighted by molar-refractivity contribution is -0.137. The molecular weight excluding hydrogens is 279 g/mol. The van der Waals surface area contributed by atoms with Crippen LogP contribution < -0.4 is 5.32 Å². The van der Waals surface area contributed by atoms with Crippen molar-refractivity contribution in [3.63, 3.8) is 0 Å². The minimum atomic E-state index is -4.27. The van der Waals surface area contributed by atoms with Crippen LogP contribution in [-0.4, -0.2) is 19.3 Å². The van der Waals surface area contributed by atoms with Gasteiger partial charge in [0.05, 0.1) is 11.7 Å². The molecule has 0 bridgehead atoms. The molecular formula is C16H22F3NO. The second-order valence-electron chi connectivity index (χ2n) is 5.44. The van der Waals surface area contributed by atoms with Crippen LogP contribution in [0.15, 0.2) is 24.3 Å². The van der Waals surface area contributed by atoms with E-state index in [1.807, 2.05) is 6.92 Å². The summed E-state index contributed by atoms with van der Waals surface area (Å²) in [6.45, 7) is 3.62. The van der Waals surface area contributed by atoms with Gasteiger partial charge in [0.1, 0.15) is 0 Å². The van der Waals surface area contributed by atoms with Gasteiger partial charge in [-0.1, -0.05) is 19.1 Å². The van der Waals surface area contributed by atoms with Crippen molar-refractivity contribution in [2.75, 3.05) is 13.2 Å². The average molecular weight is 301 g/mol. The molecule has 0 radical (unpaired) electrons. The topological polar surface area (TPSA) is 21.3 Å². The van der Waals surface area contributed by atoms with E-state index in [0.717, 1.165) is 56.5 Å². The molecule has 0 amide bonds. The van der Waals surface area contributed by atoms with Gasteiger partial charge in [-0.3, -0.25) is 0 Å². The molecule has 2 atom stereocenters. The summed E-state index contributed by atoms with van der Waals surface area (Å²) in [4.78, 5) is 0. The summed E-state index contributed by atoms with van der Waals surface area (Å²) in [7, 11) is 0. The Morgan fingerprint density at radius 3 is 2.52 bits per heavy atom. The van der Waals surface area contributed by atoms with Gasteiger partial charge in [-0.2, -0.15) is 13.2 Å². The number of ether oxygens (including phenoxy) is 1. The smallest absolute Gasteiger partial charge is 0.378 e. The number of hydrogen-bond acceptors (Lipinski definition) is 2. The minimum absolute atomic E-state index is 0.0847. The van der Waals surface area contributed by atoms with E-state index in [0.29, 0.717) is 6.10 Å². The number of alkyl halides is 3. The summed E-state index contributed by atoms with van der Waals surface area (Å²) >= 11 is 0. The molecule has 1 fully saturated rings. The van der Waals surface area contributed by atoms with Crippen molar-refractivity contribution in [3.05, 3.63) is 35.4 Å². The lowest BCUT2D eigenvalue weighted by Crippen LogP contribution is -2.22. The predicted molar refractivity (Wildman–Crippen MR) is 76.1 cm³/mol. The molecule has 1 N–H and O–H groups in total. The molecule has 118 valence electrons. The third-order valence-electron chi connectivity index (χ3n) is 3.89. The molecule has 2 nitrogen and oxygen atoms in total. The Bertz CT molecular complexity index is 424. The van der Waals surface area contributed by atoms with Crippen LogP contribution >= 0.6 is 0 Å². The molecule has 2 unspecified atom stereocenters. The van der Waals surface area contributed by atoms with Gasteiger partial charge >= 0.3 is 6.18 Å². The van der Waals surface area contributed by atoms with E-state index in [2.05, 4.69) is 5.32 Å². The first kappa shape index (κ1) is 16.3. The second kappa shape index (κ2) is 7.27. The van der Waals surface area contributed by atoms with Gasteiger partial charge in [-0.05, 0) is 49.9 Å². The Morgan fingerprint density at radius 1 is 1.29 bits per heavy atom. The zero-order chi connectivity index (χ0) is 15.3. The third-order valence-corrected chi connectivity index (χ3v) is 3.89. The Kier molecular flexibility index (Phi) is 5.65. The van der Waals surface area contributed by atoms with E-state index in [4.69, 9.17) is 4.74 Å². The van der Waals surface area contributed by atoms with E-state index in [1.54, 1.807) is 12.1 Å². The highest BCUT2D eigenvalue weighted by Gasteiger charge is 2.30. The summed E-state index contributed by atoms with van der Waals surface area (Å²) < 4.78 is 43.4. The molecule has 1 aromatic carbocycles. The predicted octanol–water partition coefficient (Wildman–Crippen LogP) is 4.32. The second-order valence-corrected chi connectivity index (χ2v) is 5.44. The standard InChI is InChI=1S/C16H22F3NO/c1-2-20-15(10-9-14-4-3-11-21-14)12-5-7-13(8-6-12)16(17,18)19/h5-8,14-15,20H,2-4,9-11H2,1H3. The Hall–Kier alpha value is -1.07. The van der Waals surface area contributed by atoms with Crippen molar-refractivity contribution in [2.45, 2.75) is 50.9 Å². The first-order chi connectivity index (χ1) is 10.0. The molecule has 0 aliphatic carbocycles. The van der Waals surface area contributed by atoms with Crippen molar-refractivity contribution in [3.8, 4) is 0 Å². The lowest BCUT2D eigenvalue weighted by atomic mass is 9.98. The molecule has 1 aliphatic heterocycles. The zero-order valence-electron chi connectivity index (χ0n) is 12.2. The SMILES string of the molecule is CCNC(CCC1CCCO1)c1ccc(C(F)(F)F)cc1. The summed E-state index contributed by atoms with van der Waals surface area (Å²) in [5.41, 5.74) is 0.309. The highest BCUT2D eigenvalue weighted by molar-refractivity contribution is 5.26. The molecule has 1 saturated heterocycles. The fourth-order valence-electron chi connectivity index (χ4n) is 2.76. The maximum atomic E-state index is 12.6. The minimum Gasteiger partial charge on any atom is -0.378 e. The quantitative estimate of drug-likeness (QED) is 0.845. The average Bonchev–Trinajstić information content (AvgIpc) is 2.96. The van der Waals surface area contributed by atoms with Gasteiger partial charge in [0.25, 0.3) is 0 Å². The highest BCUT2D eigenvalue weighted by atomic mass is 19.4. The number of hydrogen-bond donors (Lipinski definition) is 1. The molecule has 2 rings (SSSR count). The Balaban J connectivity index is 1.99. The van der Waals surface area contributed by atoms with Gasteiger partial charge in [0.2, 0.25) is 0 Å². The molecule has 5 heteroatoms. The van der Waals surface area contributed by atoms with Gasteiger partial charge in [0.15, 0.2) is 0 Å². The molecule has 1 aromatic rings. The van der Waals surface area contributed by atoms with Crippen molar-refractivity contribution in [1.29, 1.82) is 0 Å². The van der Waals surface area contributed by atoms with Crippen molar-refractivity contribution < 1.29 is 17.9 Å². The first-order valence-electron chi connectivity index (χ1n) is 7.53. The van der Waals surface area contributed by atoms with E-state index in [9.17, 15) is 13.2 Å². The maximum Gasteiger partial charge on any atom is 0.416 e. The summed E-state index contributed by atoms with van der Waals surface area (Å²) in [6.07, 6.45) is 0.0513. The van der Waals surface area contributed by atoms with E-state index in [1.165, 1.54) is 0 Å². The van der Waals surface area contributed by atoms with Gasteiger partial charge in [-0.15, -0.1) is 0 Å². The summed E-state index contributed by atoms with van der Waals surface area (Å²) in [6, 6.07) is 5.55. The number of benzene rings is 1. The highest BCUT2D eigenvalue weighted by Crippen LogP contribution is 2.31. The van der Waals surface area contributed by atoms with Gasteiger partial charge < -0.3 is 10.1 Å². The lowest BCUT2D eigenvalue weighted by Gasteiger charge is -2.20. The summed E-state index contributed by atoms with van der Waals surface area (Å²) in [5.74, 6) is 0. The number of nitrogens with one attached hydrogen (secondary N) is 1. The van der Waals surface area contributed by atoms with E-state index < -0.39 is 11.7 Å². The van der Waals surface area contributed by atoms with Crippen LogP contribution in [-0.2, 0) is 10.9 Å². The van der Waals surface area contributed by atoms with Gasteiger partial charge in [0, 0.05) is 12.6 Å².